The molecule has 0 aliphatic heterocycles. The number of aromatic nitrogens is 1. The summed E-state index contributed by atoms with van der Waals surface area (Å²) in [4.78, 5) is 56.8. The lowest BCUT2D eigenvalue weighted by atomic mass is 9.91. The molecule has 10 heteroatoms. The lowest BCUT2D eigenvalue weighted by Crippen LogP contribution is -2.49. The fraction of sp³-hybridized carbons (Fsp3) is 0.519. The molecule has 2 aromatic rings. The summed E-state index contributed by atoms with van der Waals surface area (Å²) in [6.45, 7) is 3.64. The number of nitrogens with zero attached hydrogens (tertiary/aromatic N) is 1. The van der Waals surface area contributed by atoms with Gasteiger partial charge < -0.3 is 20.1 Å². The highest BCUT2D eigenvalue weighted by atomic mass is 32.1. The van der Waals surface area contributed by atoms with E-state index < -0.39 is 35.2 Å². The predicted molar refractivity (Wildman–Crippen MR) is 139 cm³/mol. The average Bonchev–Trinajstić information content (AvgIpc) is 3.48. The van der Waals surface area contributed by atoms with Gasteiger partial charge in [-0.2, -0.15) is 0 Å². The van der Waals surface area contributed by atoms with Crippen LogP contribution in [-0.4, -0.2) is 67.9 Å². The van der Waals surface area contributed by atoms with E-state index in [1.54, 1.807) is 6.92 Å². The van der Waals surface area contributed by atoms with Crippen molar-refractivity contribution in [3.63, 3.8) is 0 Å². The van der Waals surface area contributed by atoms with E-state index >= 15 is 0 Å². The zero-order valence-corrected chi connectivity index (χ0v) is 22.6. The summed E-state index contributed by atoms with van der Waals surface area (Å²) >= 11 is 1.22. The Bertz CT molecular complexity index is 1100. The number of amides is 2. The molecular formula is C27H35N3O6S. The van der Waals surface area contributed by atoms with Crippen LogP contribution < -0.4 is 10.6 Å². The number of aryl methyl sites for hydroxylation is 1. The van der Waals surface area contributed by atoms with Crippen molar-refractivity contribution in [2.24, 2.45) is 11.3 Å². The molecule has 3 rings (SSSR count). The van der Waals surface area contributed by atoms with Crippen LogP contribution in [0.1, 0.15) is 46.4 Å². The number of nitrogens with one attached hydrogen (secondary N) is 2. The van der Waals surface area contributed by atoms with E-state index in [1.807, 2.05) is 37.3 Å². The first kappa shape index (κ1) is 28.6. The van der Waals surface area contributed by atoms with E-state index in [0.29, 0.717) is 11.3 Å². The number of hydrogen-bond acceptors (Lipinski definition) is 8. The average molecular weight is 530 g/mol. The number of carbonyl (C=O) groups excluding carboxylic acids is 4. The maximum Gasteiger partial charge on any atom is 0.263 e. The molecule has 0 unspecified atom stereocenters. The van der Waals surface area contributed by atoms with E-state index in [-0.39, 0.29) is 31.2 Å². The summed E-state index contributed by atoms with van der Waals surface area (Å²) in [6, 6.07) is 7.86. The van der Waals surface area contributed by atoms with Gasteiger partial charge in [0.15, 0.2) is 11.6 Å². The second kappa shape index (κ2) is 13.0. The number of methoxy groups -OCH3 is 2. The standard InChI is InChI=1S/C27H35N3O6S/c1-17-28-14-23(37-17)26(34)30-21(16-36-4)22(31)13-19(15-35-3)25(33)29-20(24(32)27(2)10-11-27)12-18-8-6-5-7-9-18/h5-9,14,19-21H,10-13,15-16H2,1-4H3,(H,29,33)(H,30,34)/t19-,20-,21-/m0/s1. The van der Waals surface area contributed by atoms with Crippen molar-refractivity contribution in [2.45, 2.75) is 51.6 Å². The van der Waals surface area contributed by atoms with Gasteiger partial charge in [0.1, 0.15) is 10.9 Å². The van der Waals surface area contributed by atoms with Crippen molar-refractivity contribution < 1.29 is 28.7 Å². The molecule has 1 aliphatic rings. The number of carbonyl (C=O) groups is 4. The summed E-state index contributed by atoms with van der Waals surface area (Å²) in [5.74, 6) is -2.07. The van der Waals surface area contributed by atoms with Gasteiger partial charge in [-0.1, -0.05) is 37.3 Å². The highest BCUT2D eigenvalue weighted by Gasteiger charge is 2.48. The zero-order chi connectivity index (χ0) is 27.0. The third kappa shape index (κ3) is 8.02. The molecule has 2 amide bonds. The SMILES string of the molecule is COC[C@H](CC(=O)[C@H](COC)NC(=O)c1cnc(C)s1)C(=O)N[C@@H](Cc1ccccc1)C(=O)C1(C)CC1. The topological polar surface area (TPSA) is 124 Å². The molecule has 200 valence electrons. The molecule has 3 atom stereocenters. The van der Waals surface area contributed by atoms with Gasteiger partial charge in [-0.05, 0) is 31.7 Å². The normalized spacial score (nSPS) is 16.3. The molecule has 37 heavy (non-hydrogen) atoms. The largest absolute Gasteiger partial charge is 0.384 e. The summed E-state index contributed by atoms with van der Waals surface area (Å²) in [5.41, 5.74) is 0.508. The number of rotatable bonds is 15. The van der Waals surface area contributed by atoms with Crippen molar-refractivity contribution in [1.82, 2.24) is 15.6 Å². The van der Waals surface area contributed by atoms with E-state index in [4.69, 9.17) is 9.47 Å². The molecule has 0 saturated heterocycles. The molecule has 2 N–H and O–H groups in total. The molecule has 9 nitrogen and oxygen atoms in total. The second-order valence-electron chi connectivity index (χ2n) is 9.72. The molecule has 1 heterocycles. The van der Waals surface area contributed by atoms with Crippen LogP contribution in [-0.2, 0) is 30.3 Å². The Morgan fingerprint density at radius 3 is 2.27 bits per heavy atom. The van der Waals surface area contributed by atoms with Gasteiger partial charge in [0.05, 0.1) is 36.4 Å². The van der Waals surface area contributed by atoms with Crippen molar-refractivity contribution in [2.75, 3.05) is 27.4 Å². The van der Waals surface area contributed by atoms with E-state index in [2.05, 4.69) is 15.6 Å². The van der Waals surface area contributed by atoms with Crippen LogP contribution >= 0.6 is 11.3 Å². The fourth-order valence-corrected chi connectivity index (χ4v) is 4.77. The van der Waals surface area contributed by atoms with Crippen LogP contribution in [0.5, 0.6) is 0 Å². The van der Waals surface area contributed by atoms with Gasteiger partial charge in [0.25, 0.3) is 5.91 Å². The first-order valence-electron chi connectivity index (χ1n) is 12.3. The first-order valence-corrected chi connectivity index (χ1v) is 13.1. The summed E-state index contributed by atoms with van der Waals surface area (Å²) in [5, 5.41) is 6.31. The summed E-state index contributed by atoms with van der Waals surface area (Å²) < 4.78 is 10.4. The minimum atomic E-state index is -0.945. The minimum absolute atomic E-state index is 0.00318. The van der Waals surface area contributed by atoms with Crippen LogP contribution in [0.3, 0.4) is 0 Å². The lowest BCUT2D eigenvalue weighted by Gasteiger charge is -2.25. The highest BCUT2D eigenvalue weighted by molar-refractivity contribution is 7.13. The van der Waals surface area contributed by atoms with Gasteiger partial charge in [0, 0.05) is 26.1 Å². The number of ketones is 2. The van der Waals surface area contributed by atoms with Gasteiger partial charge in [-0.25, -0.2) is 4.98 Å². The van der Waals surface area contributed by atoms with Crippen LogP contribution in [0, 0.1) is 18.3 Å². The number of benzene rings is 1. The fourth-order valence-electron chi connectivity index (χ4n) is 4.09. The molecular weight excluding hydrogens is 494 g/mol. The van der Waals surface area contributed by atoms with Gasteiger partial charge in [-0.15, -0.1) is 11.3 Å². The van der Waals surface area contributed by atoms with E-state index in [0.717, 1.165) is 23.4 Å². The smallest absolute Gasteiger partial charge is 0.263 e. The Labute approximate surface area is 221 Å². The Morgan fingerprint density at radius 1 is 1.03 bits per heavy atom. The van der Waals surface area contributed by atoms with E-state index in [1.165, 1.54) is 31.8 Å². The number of thiazole rings is 1. The summed E-state index contributed by atoms with van der Waals surface area (Å²) in [6.07, 6.45) is 3.23. The molecule has 1 aliphatic carbocycles. The Morgan fingerprint density at radius 2 is 1.70 bits per heavy atom. The molecule has 0 bridgehead atoms. The number of Topliss-reactive ketones (excluding diaryl/α,β-unsaturated/α-hetero) is 2. The Kier molecular flexibility index (Phi) is 10.1. The predicted octanol–water partition coefficient (Wildman–Crippen LogP) is 2.51. The van der Waals surface area contributed by atoms with Crippen molar-refractivity contribution in [3.05, 3.63) is 52.0 Å². The summed E-state index contributed by atoms with van der Waals surface area (Å²) in [7, 11) is 2.88. The number of hydrogen-bond donors (Lipinski definition) is 2. The monoisotopic (exact) mass is 529 g/mol. The van der Waals surface area contributed by atoms with Gasteiger partial charge in [-0.3, -0.25) is 19.2 Å². The molecule has 0 spiro atoms. The quantitative estimate of drug-likeness (QED) is 0.363. The molecule has 1 aromatic heterocycles. The molecule has 0 radical (unpaired) electrons. The van der Waals surface area contributed by atoms with Gasteiger partial charge in [0.2, 0.25) is 5.91 Å². The highest BCUT2D eigenvalue weighted by Crippen LogP contribution is 2.46. The third-order valence-electron chi connectivity index (χ3n) is 6.57. The third-order valence-corrected chi connectivity index (χ3v) is 7.48. The van der Waals surface area contributed by atoms with Crippen molar-refractivity contribution in [1.29, 1.82) is 0 Å². The zero-order valence-electron chi connectivity index (χ0n) is 21.7. The van der Waals surface area contributed by atoms with E-state index in [9.17, 15) is 19.2 Å². The minimum Gasteiger partial charge on any atom is -0.384 e. The van der Waals surface area contributed by atoms with Crippen LogP contribution in [0.2, 0.25) is 0 Å². The van der Waals surface area contributed by atoms with Crippen molar-refractivity contribution in [3.8, 4) is 0 Å². The molecule has 1 aromatic carbocycles. The molecule has 1 saturated carbocycles. The second-order valence-corrected chi connectivity index (χ2v) is 11.0. The molecule has 1 fully saturated rings. The number of ether oxygens (including phenoxy) is 2. The van der Waals surface area contributed by atoms with Crippen LogP contribution in [0.25, 0.3) is 0 Å². The maximum atomic E-state index is 13.3. The van der Waals surface area contributed by atoms with Crippen molar-refractivity contribution >= 4 is 34.7 Å². The maximum absolute atomic E-state index is 13.3. The Hall–Kier alpha value is -2.95. The van der Waals surface area contributed by atoms with Crippen LogP contribution in [0.15, 0.2) is 36.5 Å². The van der Waals surface area contributed by atoms with Crippen LogP contribution in [0.4, 0.5) is 0 Å². The lowest BCUT2D eigenvalue weighted by molar-refractivity contribution is -0.135. The first-order chi connectivity index (χ1) is 17.7. The van der Waals surface area contributed by atoms with Gasteiger partial charge >= 0.3 is 0 Å². The Balaban J connectivity index is 1.70.